The van der Waals surface area contributed by atoms with Crippen molar-refractivity contribution in [3.05, 3.63) is 6.20 Å². The van der Waals surface area contributed by atoms with E-state index in [0.717, 1.165) is 49.0 Å². The zero-order valence-corrected chi connectivity index (χ0v) is 17.1. The molecule has 2 N–H and O–H groups in total. The molecule has 2 saturated carbocycles. The van der Waals surface area contributed by atoms with Crippen LogP contribution in [0.1, 0.15) is 25.7 Å². The summed E-state index contributed by atoms with van der Waals surface area (Å²) in [6.45, 7) is 2.91. The van der Waals surface area contributed by atoms with Crippen LogP contribution in [0.3, 0.4) is 0 Å². The zero-order chi connectivity index (χ0) is 19.4. The third-order valence-electron chi connectivity index (χ3n) is 6.88. The second kappa shape index (κ2) is 6.84. The van der Waals surface area contributed by atoms with Gasteiger partial charge in [0.2, 0.25) is 5.95 Å². The molecule has 2 aromatic heterocycles. The summed E-state index contributed by atoms with van der Waals surface area (Å²) in [5, 5.41) is 5.09. The van der Waals surface area contributed by atoms with Gasteiger partial charge in [-0.25, -0.2) is 0 Å². The van der Waals surface area contributed by atoms with E-state index in [0.29, 0.717) is 29.8 Å². The standard InChI is InChI=1S/C20H31N7O/c1-25(2)16-6-13-9-27(10-14(13)7-17(16)28-11-12-4-5-12)20-23-18(21)15-8-22-26(3)19(15)24-20/h8,12-14,16-17H,4-7,9-11H2,1-3H3,(H2,21,23,24)/t13-,14+,16-,17-/m1/s1. The first-order valence-electron chi connectivity index (χ1n) is 10.5. The lowest BCUT2D eigenvalue weighted by atomic mass is 9.77. The summed E-state index contributed by atoms with van der Waals surface area (Å²) >= 11 is 0. The lowest BCUT2D eigenvalue weighted by Gasteiger charge is -2.41. The van der Waals surface area contributed by atoms with Gasteiger partial charge in [0.15, 0.2) is 5.65 Å². The predicted octanol–water partition coefficient (Wildman–Crippen LogP) is 1.52. The fraction of sp³-hybridized carbons (Fsp3) is 0.750. The zero-order valence-electron chi connectivity index (χ0n) is 17.1. The molecule has 0 aromatic carbocycles. The van der Waals surface area contributed by atoms with Crippen LogP contribution in [0.4, 0.5) is 11.8 Å². The van der Waals surface area contributed by atoms with Crippen LogP contribution in [-0.2, 0) is 11.8 Å². The summed E-state index contributed by atoms with van der Waals surface area (Å²) < 4.78 is 8.16. The Morgan fingerprint density at radius 2 is 1.93 bits per heavy atom. The number of fused-ring (bicyclic) bond motifs is 2. The molecule has 8 nitrogen and oxygen atoms in total. The SMILES string of the molecule is CN(C)[C@@H]1C[C@@H]2CN(c3nc(N)c4cnn(C)c4n3)C[C@@H]2C[C@H]1OCC1CC1. The topological polar surface area (TPSA) is 85.3 Å². The summed E-state index contributed by atoms with van der Waals surface area (Å²) in [4.78, 5) is 14.0. The normalized spacial score (nSPS) is 30.4. The second-order valence-electron chi connectivity index (χ2n) is 9.16. The molecule has 3 aliphatic rings. The van der Waals surface area contributed by atoms with Gasteiger partial charge in [-0.15, -0.1) is 0 Å². The Balaban J connectivity index is 1.34. The molecule has 3 heterocycles. The van der Waals surface area contributed by atoms with Crippen LogP contribution < -0.4 is 10.6 Å². The summed E-state index contributed by atoms with van der Waals surface area (Å²) in [7, 11) is 6.27. The minimum absolute atomic E-state index is 0.336. The van der Waals surface area contributed by atoms with Crippen LogP contribution in [0, 0.1) is 17.8 Å². The quantitative estimate of drug-likeness (QED) is 0.835. The van der Waals surface area contributed by atoms with Gasteiger partial charge in [-0.05, 0) is 57.5 Å². The van der Waals surface area contributed by atoms with E-state index in [1.165, 1.54) is 19.3 Å². The number of likely N-dealkylation sites (N-methyl/N-ethyl adjacent to an activating group) is 1. The molecule has 4 atom stereocenters. The maximum absolute atomic E-state index is 6.39. The number of nitrogens with zero attached hydrogens (tertiary/aromatic N) is 6. The molecule has 3 fully saturated rings. The van der Waals surface area contributed by atoms with Gasteiger partial charge in [0.05, 0.1) is 17.7 Å². The molecule has 0 bridgehead atoms. The first-order chi connectivity index (χ1) is 13.5. The lowest BCUT2D eigenvalue weighted by molar-refractivity contribution is -0.0493. The fourth-order valence-electron chi connectivity index (χ4n) is 4.99. The Labute approximate surface area is 166 Å². The highest BCUT2D eigenvalue weighted by Gasteiger charge is 2.44. The van der Waals surface area contributed by atoms with Crippen LogP contribution in [0.15, 0.2) is 6.20 Å². The van der Waals surface area contributed by atoms with E-state index >= 15 is 0 Å². The number of rotatable bonds is 5. The van der Waals surface area contributed by atoms with Crippen LogP contribution >= 0.6 is 0 Å². The predicted molar refractivity (Wildman–Crippen MR) is 109 cm³/mol. The molecule has 1 aliphatic heterocycles. The monoisotopic (exact) mass is 385 g/mol. The molecular formula is C20H31N7O. The molecule has 0 spiro atoms. The van der Waals surface area contributed by atoms with Crippen molar-refractivity contribution < 1.29 is 4.74 Å². The Kier molecular flexibility index (Phi) is 4.43. The Hall–Kier alpha value is -1.93. The number of hydrogen-bond acceptors (Lipinski definition) is 7. The molecule has 2 aliphatic carbocycles. The number of aryl methyl sites for hydroxylation is 1. The smallest absolute Gasteiger partial charge is 0.229 e. The van der Waals surface area contributed by atoms with Gasteiger partial charge in [0.25, 0.3) is 0 Å². The maximum Gasteiger partial charge on any atom is 0.229 e. The minimum atomic E-state index is 0.336. The van der Waals surface area contributed by atoms with Gasteiger partial charge in [0, 0.05) is 32.8 Å². The molecule has 28 heavy (non-hydrogen) atoms. The fourth-order valence-corrected chi connectivity index (χ4v) is 4.99. The number of nitrogen functional groups attached to an aromatic ring is 1. The van der Waals surface area contributed by atoms with Gasteiger partial charge in [-0.1, -0.05) is 0 Å². The Bertz CT molecular complexity index is 862. The minimum Gasteiger partial charge on any atom is -0.383 e. The molecular weight excluding hydrogens is 354 g/mol. The second-order valence-corrected chi connectivity index (χ2v) is 9.16. The van der Waals surface area contributed by atoms with Gasteiger partial charge >= 0.3 is 0 Å². The van der Waals surface area contributed by atoms with E-state index in [9.17, 15) is 0 Å². The Morgan fingerprint density at radius 3 is 2.64 bits per heavy atom. The van der Waals surface area contributed by atoms with Crippen LogP contribution in [0.25, 0.3) is 11.0 Å². The van der Waals surface area contributed by atoms with E-state index in [1.54, 1.807) is 10.9 Å². The highest BCUT2D eigenvalue weighted by Crippen LogP contribution is 2.41. The summed E-state index contributed by atoms with van der Waals surface area (Å²) in [6, 6.07) is 0.491. The molecule has 2 aromatic rings. The molecule has 152 valence electrons. The molecule has 0 amide bonds. The van der Waals surface area contributed by atoms with Crippen LogP contribution in [0.5, 0.6) is 0 Å². The number of aromatic nitrogens is 4. The van der Waals surface area contributed by atoms with E-state index in [1.807, 2.05) is 7.05 Å². The van der Waals surface area contributed by atoms with E-state index in [2.05, 4.69) is 34.0 Å². The summed E-state index contributed by atoms with van der Waals surface area (Å²) in [5.41, 5.74) is 6.98. The summed E-state index contributed by atoms with van der Waals surface area (Å²) in [5.74, 6) is 3.34. The van der Waals surface area contributed by atoms with Crippen molar-refractivity contribution in [1.29, 1.82) is 0 Å². The molecule has 0 unspecified atom stereocenters. The van der Waals surface area contributed by atoms with E-state index in [4.69, 9.17) is 15.5 Å². The molecule has 5 rings (SSSR count). The highest BCUT2D eigenvalue weighted by molar-refractivity contribution is 5.86. The van der Waals surface area contributed by atoms with Crippen molar-refractivity contribution in [2.75, 3.05) is 44.4 Å². The van der Waals surface area contributed by atoms with Gasteiger partial charge in [-0.3, -0.25) is 4.68 Å². The van der Waals surface area contributed by atoms with Crippen molar-refractivity contribution in [3.8, 4) is 0 Å². The van der Waals surface area contributed by atoms with E-state index in [-0.39, 0.29) is 0 Å². The molecule has 0 radical (unpaired) electrons. The largest absolute Gasteiger partial charge is 0.383 e. The van der Waals surface area contributed by atoms with Gasteiger partial charge in [-0.2, -0.15) is 15.1 Å². The third-order valence-corrected chi connectivity index (χ3v) is 6.88. The number of hydrogen-bond donors (Lipinski definition) is 1. The summed E-state index contributed by atoms with van der Waals surface area (Å²) in [6.07, 6.45) is 7.06. The molecule has 1 saturated heterocycles. The first kappa shape index (κ1) is 18.1. The highest BCUT2D eigenvalue weighted by atomic mass is 16.5. The van der Waals surface area contributed by atoms with Gasteiger partial charge in [0.1, 0.15) is 5.82 Å². The number of anilines is 2. The van der Waals surface area contributed by atoms with Gasteiger partial charge < -0.3 is 20.3 Å². The maximum atomic E-state index is 6.39. The van der Waals surface area contributed by atoms with Crippen molar-refractivity contribution >= 4 is 22.8 Å². The number of nitrogens with two attached hydrogens (primary N) is 1. The average molecular weight is 386 g/mol. The van der Waals surface area contributed by atoms with Crippen molar-refractivity contribution in [3.63, 3.8) is 0 Å². The van der Waals surface area contributed by atoms with Crippen LogP contribution in [-0.4, -0.2) is 70.6 Å². The number of ether oxygens (including phenoxy) is 1. The molecule has 8 heteroatoms. The van der Waals surface area contributed by atoms with Crippen molar-refractivity contribution in [2.24, 2.45) is 24.8 Å². The van der Waals surface area contributed by atoms with Crippen molar-refractivity contribution in [2.45, 2.75) is 37.8 Å². The van der Waals surface area contributed by atoms with Crippen molar-refractivity contribution in [1.82, 2.24) is 24.6 Å². The van der Waals surface area contributed by atoms with Crippen LogP contribution in [0.2, 0.25) is 0 Å². The first-order valence-corrected chi connectivity index (χ1v) is 10.5. The Morgan fingerprint density at radius 1 is 1.18 bits per heavy atom. The van der Waals surface area contributed by atoms with E-state index < -0.39 is 0 Å². The third kappa shape index (κ3) is 3.22. The lowest BCUT2D eigenvalue weighted by Crippen LogP contribution is -2.48. The average Bonchev–Trinajstić information content (AvgIpc) is 3.28.